The molecule has 1 atom stereocenters. The van der Waals surface area contributed by atoms with Crippen LogP contribution in [-0.2, 0) is 14.3 Å². The minimum atomic E-state index is -0.503. The Labute approximate surface area is 124 Å². The average Bonchev–Trinajstić information content (AvgIpc) is 2.51. The average molecular weight is 286 g/mol. The van der Waals surface area contributed by atoms with Crippen LogP contribution in [-0.4, -0.2) is 49.6 Å². The second-order valence-electron chi connectivity index (χ2n) is 4.73. The molecule has 0 saturated carbocycles. The van der Waals surface area contributed by atoms with Gasteiger partial charge in [0.1, 0.15) is 6.04 Å². The van der Waals surface area contributed by atoms with Crippen molar-refractivity contribution >= 4 is 11.9 Å². The lowest BCUT2D eigenvalue weighted by molar-refractivity contribution is -0.145. The number of hydrogen-bond donors (Lipinski definition) is 1. The van der Waals surface area contributed by atoms with Crippen LogP contribution in [0.15, 0.2) is 30.3 Å². The van der Waals surface area contributed by atoms with E-state index in [1.54, 1.807) is 0 Å². The zero-order chi connectivity index (χ0) is 15.1. The van der Waals surface area contributed by atoms with Crippen LogP contribution >= 0.6 is 0 Å². The van der Waals surface area contributed by atoms with Crippen LogP contribution in [0.25, 0.3) is 0 Å². The van der Waals surface area contributed by atoms with Crippen molar-refractivity contribution in [2.75, 3.05) is 26.7 Å². The lowest BCUT2D eigenvalue weighted by Gasteiger charge is -2.32. The van der Waals surface area contributed by atoms with Crippen molar-refractivity contribution in [2.45, 2.75) is 12.5 Å². The first-order valence-electron chi connectivity index (χ1n) is 6.83. The van der Waals surface area contributed by atoms with E-state index >= 15 is 0 Å². The maximum Gasteiger partial charge on any atom is 0.307 e. The molecule has 1 aromatic carbocycles. The molecule has 1 fully saturated rings. The smallest absolute Gasteiger partial charge is 0.307 e. The normalized spacial score (nSPS) is 18.3. The minimum absolute atomic E-state index is 0.0509. The summed E-state index contributed by atoms with van der Waals surface area (Å²) in [5.41, 5.74) is 0.934. The number of carbonyl (C=O) groups is 2. The summed E-state index contributed by atoms with van der Waals surface area (Å²) in [5.74, 6) is 5.58. The zero-order valence-corrected chi connectivity index (χ0v) is 12.0. The Hall–Kier alpha value is -2.32. The van der Waals surface area contributed by atoms with E-state index < -0.39 is 12.0 Å². The third-order valence-electron chi connectivity index (χ3n) is 3.32. The van der Waals surface area contributed by atoms with Crippen LogP contribution < -0.4 is 5.32 Å². The molecular formula is C16H18N2O3. The van der Waals surface area contributed by atoms with E-state index in [-0.39, 0.29) is 12.3 Å². The molecule has 0 radical (unpaired) electrons. The molecule has 2 rings (SSSR count). The number of rotatable bonds is 3. The molecule has 1 aromatic rings. The van der Waals surface area contributed by atoms with E-state index in [2.05, 4.69) is 21.9 Å². The monoisotopic (exact) mass is 286 g/mol. The highest BCUT2D eigenvalue weighted by Gasteiger charge is 2.31. The second kappa shape index (κ2) is 7.46. The van der Waals surface area contributed by atoms with Crippen molar-refractivity contribution in [3.8, 4) is 11.8 Å². The molecule has 1 aliphatic heterocycles. The van der Waals surface area contributed by atoms with Crippen molar-refractivity contribution in [1.82, 2.24) is 10.2 Å². The van der Waals surface area contributed by atoms with Gasteiger partial charge in [-0.25, -0.2) is 0 Å². The first-order valence-corrected chi connectivity index (χ1v) is 6.83. The van der Waals surface area contributed by atoms with Crippen LogP contribution in [0.3, 0.4) is 0 Å². The Morgan fingerprint density at radius 3 is 2.90 bits per heavy atom. The molecule has 0 aromatic heterocycles. The summed E-state index contributed by atoms with van der Waals surface area (Å²) in [6, 6.07) is 9.16. The van der Waals surface area contributed by atoms with Crippen LogP contribution in [0.2, 0.25) is 0 Å². The molecule has 1 heterocycles. The molecule has 1 aliphatic rings. The quantitative estimate of drug-likeness (QED) is 0.645. The summed E-state index contributed by atoms with van der Waals surface area (Å²) in [6.07, 6.45) is 0.0509. The number of amides is 1. The van der Waals surface area contributed by atoms with Gasteiger partial charge in [0, 0.05) is 18.7 Å². The van der Waals surface area contributed by atoms with Crippen LogP contribution in [0, 0.1) is 11.8 Å². The number of esters is 1. The largest absolute Gasteiger partial charge is 0.469 e. The summed E-state index contributed by atoms with van der Waals surface area (Å²) in [4.78, 5) is 25.2. The van der Waals surface area contributed by atoms with Gasteiger partial charge in [0.05, 0.1) is 20.1 Å². The fourth-order valence-electron chi connectivity index (χ4n) is 2.18. The number of benzene rings is 1. The second-order valence-corrected chi connectivity index (χ2v) is 4.73. The molecule has 0 aliphatic carbocycles. The lowest BCUT2D eigenvalue weighted by atomic mass is 10.1. The molecular weight excluding hydrogens is 268 g/mol. The fraction of sp³-hybridized carbons (Fsp3) is 0.375. The number of nitrogens with zero attached hydrogens (tertiary/aromatic N) is 1. The van der Waals surface area contributed by atoms with E-state index in [1.165, 1.54) is 7.11 Å². The summed E-state index contributed by atoms with van der Waals surface area (Å²) in [6.45, 7) is 1.70. The maximum absolute atomic E-state index is 11.9. The lowest BCUT2D eigenvalue weighted by Crippen LogP contribution is -2.55. The van der Waals surface area contributed by atoms with Crippen LogP contribution in [0.4, 0.5) is 0 Å². The van der Waals surface area contributed by atoms with Gasteiger partial charge in [0.2, 0.25) is 5.91 Å². The van der Waals surface area contributed by atoms with Gasteiger partial charge < -0.3 is 10.1 Å². The molecule has 1 saturated heterocycles. The Bertz CT molecular complexity index is 560. The molecule has 0 bridgehead atoms. The predicted octanol–water partition coefficient (Wildman–Crippen LogP) is 0.402. The number of methoxy groups -OCH3 is 1. The Morgan fingerprint density at radius 2 is 2.19 bits per heavy atom. The Balaban J connectivity index is 2.00. The van der Waals surface area contributed by atoms with Crippen molar-refractivity contribution in [3.05, 3.63) is 35.9 Å². The summed E-state index contributed by atoms with van der Waals surface area (Å²) >= 11 is 0. The van der Waals surface area contributed by atoms with E-state index in [4.69, 9.17) is 0 Å². The highest BCUT2D eigenvalue weighted by atomic mass is 16.5. The van der Waals surface area contributed by atoms with Gasteiger partial charge in [0.15, 0.2) is 0 Å². The zero-order valence-electron chi connectivity index (χ0n) is 12.0. The summed E-state index contributed by atoms with van der Waals surface area (Å²) in [7, 11) is 1.32. The van der Waals surface area contributed by atoms with Gasteiger partial charge in [-0.15, -0.1) is 0 Å². The van der Waals surface area contributed by atoms with Gasteiger partial charge in [-0.3, -0.25) is 14.5 Å². The van der Waals surface area contributed by atoms with Gasteiger partial charge in [0.25, 0.3) is 0 Å². The van der Waals surface area contributed by atoms with Gasteiger partial charge in [-0.2, -0.15) is 0 Å². The highest BCUT2D eigenvalue weighted by Crippen LogP contribution is 2.09. The number of carbonyl (C=O) groups excluding carboxylic acids is 2. The minimum Gasteiger partial charge on any atom is -0.469 e. The molecule has 5 heteroatoms. The Morgan fingerprint density at radius 1 is 1.43 bits per heavy atom. The van der Waals surface area contributed by atoms with Crippen molar-refractivity contribution in [2.24, 2.45) is 0 Å². The molecule has 21 heavy (non-hydrogen) atoms. The topological polar surface area (TPSA) is 58.6 Å². The van der Waals surface area contributed by atoms with Crippen molar-refractivity contribution < 1.29 is 14.3 Å². The van der Waals surface area contributed by atoms with E-state index in [0.29, 0.717) is 19.6 Å². The van der Waals surface area contributed by atoms with Gasteiger partial charge in [-0.05, 0) is 12.1 Å². The number of ether oxygens (including phenoxy) is 1. The Kier molecular flexibility index (Phi) is 5.35. The summed E-state index contributed by atoms with van der Waals surface area (Å²) in [5, 5.41) is 2.76. The van der Waals surface area contributed by atoms with E-state index in [9.17, 15) is 9.59 Å². The van der Waals surface area contributed by atoms with Crippen LogP contribution in [0.1, 0.15) is 12.0 Å². The SMILES string of the molecule is COC(=O)CC1C(=O)NCCN1CC#Cc1ccccc1. The third-order valence-corrected chi connectivity index (χ3v) is 3.32. The third kappa shape index (κ3) is 4.33. The molecule has 1 unspecified atom stereocenters. The molecule has 5 nitrogen and oxygen atoms in total. The first kappa shape index (κ1) is 15.1. The molecule has 0 spiro atoms. The number of piperazine rings is 1. The fourth-order valence-corrected chi connectivity index (χ4v) is 2.18. The van der Waals surface area contributed by atoms with Crippen LogP contribution in [0.5, 0.6) is 0 Å². The van der Waals surface area contributed by atoms with Gasteiger partial charge in [-0.1, -0.05) is 30.0 Å². The highest BCUT2D eigenvalue weighted by molar-refractivity contribution is 5.87. The number of nitrogens with one attached hydrogen (secondary N) is 1. The molecule has 1 amide bonds. The van der Waals surface area contributed by atoms with Crippen molar-refractivity contribution in [3.63, 3.8) is 0 Å². The molecule has 1 N–H and O–H groups in total. The first-order chi connectivity index (χ1) is 10.2. The van der Waals surface area contributed by atoms with Crippen molar-refractivity contribution in [1.29, 1.82) is 0 Å². The predicted molar refractivity (Wildman–Crippen MR) is 78.3 cm³/mol. The standard InChI is InChI=1S/C16H18N2O3/c1-21-15(19)12-14-16(20)17-9-11-18(14)10-5-8-13-6-3-2-4-7-13/h2-4,6-7,14H,9-12H2,1H3,(H,17,20). The maximum atomic E-state index is 11.9. The summed E-state index contributed by atoms with van der Waals surface area (Å²) < 4.78 is 4.64. The number of hydrogen-bond acceptors (Lipinski definition) is 4. The van der Waals surface area contributed by atoms with E-state index in [1.807, 2.05) is 35.2 Å². The van der Waals surface area contributed by atoms with Gasteiger partial charge >= 0.3 is 5.97 Å². The van der Waals surface area contributed by atoms with E-state index in [0.717, 1.165) is 5.56 Å². The molecule has 110 valence electrons.